The fraction of sp³-hybridized carbons (Fsp3) is 0.212. The molecule has 0 radical (unpaired) electrons. The number of para-hydroxylation sites is 1. The van der Waals surface area contributed by atoms with Crippen LogP contribution in [0.2, 0.25) is 0 Å². The van der Waals surface area contributed by atoms with Gasteiger partial charge in [0.2, 0.25) is 0 Å². The summed E-state index contributed by atoms with van der Waals surface area (Å²) in [6.45, 7) is 1.48. The summed E-state index contributed by atoms with van der Waals surface area (Å²) in [4.78, 5) is 39.9. The van der Waals surface area contributed by atoms with Gasteiger partial charge < -0.3 is 20.1 Å². The Hall–Kier alpha value is -5.42. The van der Waals surface area contributed by atoms with Gasteiger partial charge in [-0.25, -0.2) is 19.3 Å². The van der Waals surface area contributed by atoms with E-state index >= 15 is 0 Å². The predicted molar refractivity (Wildman–Crippen MR) is 168 cm³/mol. The Morgan fingerprint density at radius 3 is 2.55 bits per heavy atom. The quantitative estimate of drug-likeness (QED) is 0.266. The first-order valence-electron chi connectivity index (χ1n) is 14.5. The Bertz CT molecular complexity index is 1930. The van der Waals surface area contributed by atoms with E-state index in [4.69, 9.17) is 15.2 Å². The molecule has 0 saturated heterocycles. The summed E-state index contributed by atoms with van der Waals surface area (Å²) in [5, 5.41) is 0. The number of amides is 1. The number of anilines is 2. The standard InChI is InChI=1S/C33H31N7O4/c1-37(22-9-10-22)17-5-8-29(41)38-18-19-43-28-16-13-24(20-27(28)38)40-32-30(31(34)35-21-36-32)39(33(40)42)23-11-14-26(15-12-23)44-25-6-3-2-4-7-25/h2-8,11-16,20-22H,9-10,17-19H2,1H3,(H2,34,35,36)/b8-5+. The van der Waals surface area contributed by atoms with Crippen LogP contribution in [0.4, 0.5) is 11.5 Å². The lowest BCUT2D eigenvalue weighted by molar-refractivity contribution is -0.114. The molecule has 222 valence electrons. The zero-order valence-corrected chi connectivity index (χ0v) is 24.2. The number of carbonyl (C=O) groups excluding carboxylic acids is 1. The molecule has 11 heteroatoms. The molecular formula is C33H31N7O4. The molecule has 1 fully saturated rings. The Morgan fingerprint density at radius 1 is 1.02 bits per heavy atom. The van der Waals surface area contributed by atoms with E-state index in [0.29, 0.717) is 71.2 Å². The van der Waals surface area contributed by atoms with Crippen molar-refractivity contribution in [3.63, 3.8) is 0 Å². The van der Waals surface area contributed by atoms with E-state index < -0.39 is 0 Å². The summed E-state index contributed by atoms with van der Waals surface area (Å²) in [6.07, 6.45) is 7.25. The monoisotopic (exact) mass is 589 g/mol. The largest absolute Gasteiger partial charge is 0.490 e. The zero-order chi connectivity index (χ0) is 30.2. The first kappa shape index (κ1) is 27.4. The lowest BCUT2D eigenvalue weighted by Gasteiger charge is -2.29. The number of aromatic nitrogens is 4. The molecule has 5 aromatic rings. The maximum Gasteiger partial charge on any atom is 0.339 e. The molecule has 0 bridgehead atoms. The van der Waals surface area contributed by atoms with E-state index in [-0.39, 0.29) is 17.4 Å². The number of imidazole rings is 1. The van der Waals surface area contributed by atoms with Crippen LogP contribution in [0.25, 0.3) is 22.5 Å². The highest BCUT2D eigenvalue weighted by atomic mass is 16.5. The molecule has 0 unspecified atom stereocenters. The van der Waals surface area contributed by atoms with Crippen molar-refractivity contribution >= 4 is 28.6 Å². The first-order valence-corrected chi connectivity index (χ1v) is 14.5. The van der Waals surface area contributed by atoms with E-state index in [0.717, 1.165) is 0 Å². The average molecular weight is 590 g/mol. The van der Waals surface area contributed by atoms with Gasteiger partial charge in [-0.05, 0) is 74.5 Å². The molecule has 3 aromatic carbocycles. The van der Waals surface area contributed by atoms with E-state index in [1.54, 1.807) is 53.4 Å². The number of carbonyl (C=O) groups is 1. The van der Waals surface area contributed by atoms with Gasteiger partial charge in [0.25, 0.3) is 5.91 Å². The van der Waals surface area contributed by atoms with E-state index in [1.165, 1.54) is 28.3 Å². The summed E-state index contributed by atoms with van der Waals surface area (Å²) in [6, 6.07) is 22.5. The zero-order valence-electron chi connectivity index (χ0n) is 24.2. The van der Waals surface area contributed by atoms with Crippen LogP contribution in [0.3, 0.4) is 0 Å². The number of benzene rings is 3. The minimum Gasteiger partial charge on any atom is -0.490 e. The van der Waals surface area contributed by atoms with Crippen molar-refractivity contribution in [2.24, 2.45) is 0 Å². The van der Waals surface area contributed by atoms with Crippen molar-refractivity contribution in [3.8, 4) is 28.6 Å². The number of nitrogens with zero attached hydrogens (tertiary/aromatic N) is 6. The molecular weight excluding hydrogens is 558 g/mol. The molecule has 11 nitrogen and oxygen atoms in total. The van der Waals surface area contributed by atoms with Crippen LogP contribution in [0.15, 0.2) is 96.1 Å². The number of hydrogen-bond acceptors (Lipinski definition) is 8. The van der Waals surface area contributed by atoms with Crippen molar-refractivity contribution in [1.82, 2.24) is 24.0 Å². The second-order valence-corrected chi connectivity index (χ2v) is 10.9. The molecule has 2 aliphatic rings. The van der Waals surface area contributed by atoms with Crippen LogP contribution in [0.5, 0.6) is 17.2 Å². The number of likely N-dealkylation sites (N-methyl/N-ethyl adjacent to an activating group) is 1. The van der Waals surface area contributed by atoms with Crippen LogP contribution >= 0.6 is 0 Å². The number of fused-ring (bicyclic) bond motifs is 2. The van der Waals surface area contributed by atoms with E-state index in [9.17, 15) is 9.59 Å². The van der Waals surface area contributed by atoms with Gasteiger partial charge >= 0.3 is 5.69 Å². The summed E-state index contributed by atoms with van der Waals surface area (Å²) in [7, 11) is 2.07. The lowest BCUT2D eigenvalue weighted by Crippen LogP contribution is -2.37. The first-order chi connectivity index (χ1) is 21.5. The molecule has 2 N–H and O–H groups in total. The molecule has 44 heavy (non-hydrogen) atoms. The SMILES string of the molecule is CN(C/C=C/C(=O)N1CCOc2ccc(-n3c(=O)n(-c4ccc(Oc5ccccc5)cc4)c4c(N)ncnc43)cc21)C1CC1. The number of nitrogens with two attached hydrogens (primary N) is 1. The molecule has 1 aliphatic heterocycles. The lowest BCUT2D eigenvalue weighted by atomic mass is 10.2. The molecule has 1 amide bonds. The van der Waals surface area contributed by atoms with E-state index in [2.05, 4.69) is 21.9 Å². The topological polar surface area (TPSA) is 121 Å². The van der Waals surface area contributed by atoms with Gasteiger partial charge in [0.1, 0.15) is 35.7 Å². The molecule has 0 spiro atoms. The van der Waals surface area contributed by atoms with Crippen molar-refractivity contribution in [1.29, 1.82) is 0 Å². The van der Waals surface area contributed by atoms with E-state index in [1.807, 2.05) is 36.4 Å². The minimum atomic E-state index is -0.388. The minimum absolute atomic E-state index is 0.143. The predicted octanol–water partition coefficient (Wildman–Crippen LogP) is 4.32. The molecule has 7 rings (SSSR count). The Morgan fingerprint density at radius 2 is 1.77 bits per heavy atom. The Balaban J connectivity index is 1.25. The highest BCUT2D eigenvalue weighted by Crippen LogP contribution is 2.35. The van der Waals surface area contributed by atoms with Crippen molar-refractivity contribution in [2.45, 2.75) is 18.9 Å². The second kappa shape index (κ2) is 11.3. The van der Waals surface area contributed by atoms with Crippen LogP contribution in [-0.2, 0) is 4.79 Å². The van der Waals surface area contributed by atoms with Gasteiger partial charge in [0.15, 0.2) is 11.5 Å². The number of ether oxygens (including phenoxy) is 2. The molecule has 0 atom stereocenters. The highest BCUT2D eigenvalue weighted by molar-refractivity contribution is 6.03. The molecule has 2 aromatic heterocycles. The van der Waals surface area contributed by atoms with Crippen LogP contribution in [0.1, 0.15) is 12.8 Å². The van der Waals surface area contributed by atoms with Gasteiger partial charge in [-0.15, -0.1) is 0 Å². The fourth-order valence-corrected chi connectivity index (χ4v) is 5.46. The normalized spacial score (nSPS) is 14.6. The third-order valence-corrected chi connectivity index (χ3v) is 7.88. The third kappa shape index (κ3) is 5.18. The van der Waals surface area contributed by atoms with Crippen LogP contribution < -0.4 is 25.8 Å². The van der Waals surface area contributed by atoms with Crippen molar-refractivity contribution < 1.29 is 14.3 Å². The average Bonchev–Trinajstić information content (AvgIpc) is 3.85. The highest BCUT2D eigenvalue weighted by Gasteiger charge is 2.27. The van der Waals surface area contributed by atoms with Crippen LogP contribution in [0, 0.1) is 0 Å². The van der Waals surface area contributed by atoms with Gasteiger partial charge in [0, 0.05) is 18.7 Å². The summed E-state index contributed by atoms with van der Waals surface area (Å²) in [5.74, 6) is 1.91. The molecule has 3 heterocycles. The van der Waals surface area contributed by atoms with Gasteiger partial charge in [-0.3, -0.25) is 14.3 Å². The van der Waals surface area contributed by atoms with Crippen LogP contribution in [-0.4, -0.2) is 62.7 Å². The number of hydrogen-bond donors (Lipinski definition) is 1. The number of nitrogen functional groups attached to an aromatic ring is 1. The Labute approximate surface area is 253 Å². The number of rotatable bonds is 8. The summed E-state index contributed by atoms with van der Waals surface area (Å²) >= 11 is 0. The smallest absolute Gasteiger partial charge is 0.339 e. The maximum absolute atomic E-state index is 14.1. The Kier molecular flexibility index (Phi) is 7.07. The summed E-state index contributed by atoms with van der Waals surface area (Å²) in [5.41, 5.74) is 8.30. The van der Waals surface area contributed by atoms with Crippen molar-refractivity contribution in [2.75, 3.05) is 37.4 Å². The summed E-state index contributed by atoms with van der Waals surface area (Å²) < 4.78 is 14.7. The second-order valence-electron chi connectivity index (χ2n) is 10.9. The molecule has 1 saturated carbocycles. The van der Waals surface area contributed by atoms with Gasteiger partial charge in [-0.2, -0.15) is 0 Å². The third-order valence-electron chi connectivity index (χ3n) is 7.88. The molecule has 1 aliphatic carbocycles. The van der Waals surface area contributed by atoms with Gasteiger partial charge in [-0.1, -0.05) is 24.3 Å². The van der Waals surface area contributed by atoms with Gasteiger partial charge in [0.05, 0.1) is 23.6 Å². The maximum atomic E-state index is 14.1. The fourth-order valence-electron chi connectivity index (χ4n) is 5.46. The van der Waals surface area contributed by atoms with Crippen molar-refractivity contribution in [3.05, 3.63) is 102 Å².